The van der Waals surface area contributed by atoms with E-state index in [1.54, 1.807) is 12.1 Å². The average Bonchev–Trinajstić information content (AvgIpc) is 2.26. The molecule has 1 aromatic carbocycles. The van der Waals surface area contributed by atoms with Gasteiger partial charge >= 0.3 is 5.97 Å². The van der Waals surface area contributed by atoms with Gasteiger partial charge in [0.05, 0.1) is 0 Å². The summed E-state index contributed by atoms with van der Waals surface area (Å²) >= 11 is 0. The minimum Gasteiger partial charge on any atom is -0.488 e. The fraction of sp³-hybridized carbons (Fsp3) is 0.333. The summed E-state index contributed by atoms with van der Waals surface area (Å²) in [7, 11) is 1.99. The third-order valence-electron chi connectivity index (χ3n) is 2.62. The van der Waals surface area contributed by atoms with Crippen molar-refractivity contribution < 1.29 is 19.4 Å². The average molecular weight is 235 g/mol. The molecule has 5 nitrogen and oxygen atoms in total. The molecule has 1 aliphatic heterocycles. The molecule has 1 saturated heterocycles. The van der Waals surface area contributed by atoms with E-state index in [2.05, 4.69) is 4.90 Å². The number of rotatable bonds is 4. The standard InChI is InChI=1S/C12H13NO4/c1-13-6-10(7-13)17-9-4-2-3-8(5-9)11(14)12(15)16/h2-5,10H,6-7H2,1H3,(H,15,16). The lowest BCUT2D eigenvalue weighted by molar-refractivity contribution is -0.131. The van der Waals surface area contributed by atoms with Crippen molar-refractivity contribution in [1.82, 2.24) is 4.90 Å². The minimum atomic E-state index is -1.45. The molecule has 0 radical (unpaired) electrons. The second kappa shape index (κ2) is 4.55. The highest BCUT2D eigenvalue weighted by Gasteiger charge is 2.25. The second-order valence-corrected chi connectivity index (χ2v) is 4.12. The van der Waals surface area contributed by atoms with E-state index in [4.69, 9.17) is 9.84 Å². The maximum absolute atomic E-state index is 11.3. The molecule has 1 heterocycles. The number of carbonyl (C=O) groups excluding carboxylic acids is 1. The van der Waals surface area contributed by atoms with Crippen molar-refractivity contribution in [2.75, 3.05) is 20.1 Å². The van der Waals surface area contributed by atoms with Crippen LogP contribution in [0.15, 0.2) is 24.3 Å². The SMILES string of the molecule is CN1CC(Oc2cccc(C(=O)C(=O)O)c2)C1. The van der Waals surface area contributed by atoms with Gasteiger partial charge in [0, 0.05) is 18.7 Å². The van der Waals surface area contributed by atoms with Crippen LogP contribution in [0.2, 0.25) is 0 Å². The third-order valence-corrected chi connectivity index (χ3v) is 2.62. The number of likely N-dealkylation sites (N-methyl/N-ethyl adjacent to an activating group) is 1. The molecule has 0 aromatic heterocycles. The molecule has 0 saturated carbocycles. The van der Waals surface area contributed by atoms with Crippen LogP contribution in [0.3, 0.4) is 0 Å². The molecular weight excluding hydrogens is 222 g/mol. The Morgan fingerprint density at radius 2 is 2.12 bits per heavy atom. The fourth-order valence-corrected chi connectivity index (χ4v) is 1.74. The molecule has 2 rings (SSSR count). The van der Waals surface area contributed by atoms with Gasteiger partial charge in [-0.05, 0) is 19.2 Å². The van der Waals surface area contributed by atoms with Crippen LogP contribution in [0.1, 0.15) is 10.4 Å². The van der Waals surface area contributed by atoms with E-state index in [1.807, 2.05) is 7.05 Å². The number of carboxylic acid groups (broad SMARTS) is 1. The van der Waals surface area contributed by atoms with Crippen molar-refractivity contribution in [3.63, 3.8) is 0 Å². The Bertz CT molecular complexity index is 452. The van der Waals surface area contributed by atoms with Crippen LogP contribution in [0.25, 0.3) is 0 Å². The van der Waals surface area contributed by atoms with Crippen molar-refractivity contribution in [1.29, 1.82) is 0 Å². The number of benzene rings is 1. The zero-order chi connectivity index (χ0) is 12.4. The number of ether oxygens (including phenoxy) is 1. The lowest BCUT2D eigenvalue weighted by Crippen LogP contribution is -2.51. The number of ketones is 1. The van der Waals surface area contributed by atoms with Crippen LogP contribution in [0.4, 0.5) is 0 Å². The number of aliphatic carboxylic acids is 1. The van der Waals surface area contributed by atoms with Crippen molar-refractivity contribution >= 4 is 11.8 Å². The quantitative estimate of drug-likeness (QED) is 0.613. The Balaban J connectivity index is 2.06. The first-order valence-electron chi connectivity index (χ1n) is 5.29. The Morgan fingerprint density at radius 1 is 1.41 bits per heavy atom. The molecule has 90 valence electrons. The number of likely N-dealkylation sites (tertiary alicyclic amines) is 1. The predicted octanol–water partition coefficient (Wildman–Crippen LogP) is 0.647. The van der Waals surface area contributed by atoms with Gasteiger partial charge in [0.1, 0.15) is 11.9 Å². The van der Waals surface area contributed by atoms with Crippen LogP contribution < -0.4 is 4.74 Å². The summed E-state index contributed by atoms with van der Waals surface area (Å²) < 4.78 is 5.60. The molecule has 1 N–H and O–H groups in total. The molecule has 5 heteroatoms. The van der Waals surface area contributed by atoms with Crippen molar-refractivity contribution in [2.45, 2.75) is 6.10 Å². The summed E-state index contributed by atoms with van der Waals surface area (Å²) in [5.41, 5.74) is 0.141. The van der Waals surface area contributed by atoms with E-state index in [0.29, 0.717) is 5.75 Å². The number of carboxylic acids is 1. The van der Waals surface area contributed by atoms with Gasteiger partial charge in [-0.3, -0.25) is 9.69 Å². The van der Waals surface area contributed by atoms with Crippen molar-refractivity contribution in [2.24, 2.45) is 0 Å². The maximum Gasteiger partial charge on any atom is 0.377 e. The molecule has 0 unspecified atom stereocenters. The van der Waals surface area contributed by atoms with E-state index in [-0.39, 0.29) is 11.7 Å². The fourth-order valence-electron chi connectivity index (χ4n) is 1.74. The van der Waals surface area contributed by atoms with Crippen LogP contribution in [0.5, 0.6) is 5.75 Å². The second-order valence-electron chi connectivity index (χ2n) is 4.12. The number of carbonyl (C=O) groups is 2. The van der Waals surface area contributed by atoms with Gasteiger partial charge in [0.25, 0.3) is 5.78 Å². The molecule has 17 heavy (non-hydrogen) atoms. The van der Waals surface area contributed by atoms with Gasteiger partial charge in [-0.15, -0.1) is 0 Å². The maximum atomic E-state index is 11.3. The minimum absolute atomic E-state index is 0.121. The van der Waals surface area contributed by atoms with Crippen LogP contribution in [0, 0.1) is 0 Å². The Hall–Kier alpha value is -1.88. The first-order chi connectivity index (χ1) is 8.06. The van der Waals surface area contributed by atoms with E-state index in [9.17, 15) is 9.59 Å². The van der Waals surface area contributed by atoms with Crippen molar-refractivity contribution in [3.05, 3.63) is 29.8 Å². The summed E-state index contributed by atoms with van der Waals surface area (Å²) in [6.45, 7) is 1.69. The van der Waals surface area contributed by atoms with E-state index in [1.165, 1.54) is 12.1 Å². The van der Waals surface area contributed by atoms with Crippen LogP contribution in [-0.4, -0.2) is 48.0 Å². The van der Waals surface area contributed by atoms with Gasteiger partial charge in [-0.2, -0.15) is 0 Å². The normalized spacial score (nSPS) is 16.3. The lowest BCUT2D eigenvalue weighted by Gasteiger charge is -2.36. The first kappa shape index (κ1) is 11.6. The largest absolute Gasteiger partial charge is 0.488 e. The Labute approximate surface area is 98.6 Å². The van der Waals surface area contributed by atoms with Gasteiger partial charge in [-0.1, -0.05) is 12.1 Å². The number of hydrogen-bond acceptors (Lipinski definition) is 4. The van der Waals surface area contributed by atoms with Crippen LogP contribution >= 0.6 is 0 Å². The summed E-state index contributed by atoms with van der Waals surface area (Å²) in [6.07, 6.45) is 0.121. The zero-order valence-electron chi connectivity index (χ0n) is 9.42. The molecular formula is C12H13NO4. The number of nitrogens with zero attached hydrogens (tertiary/aromatic N) is 1. The topological polar surface area (TPSA) is 66.8 Å². The van der Waals surface area contributed by atoms with E-state index in [0.717, 1.165) is 13.1 Å². The summed E-state index contributed by atoms with van der Waals surface area (Å²) in [4.78, 5) is 23.9. The Kier molecular flexibility index (Phi) is 3.10. The predicted molar refractivity (Wildman–Crippen MR) is 60.3 cm³/mol. The highest BCUT2D eigenvalue weighted by Crippen LogP contribution is 2.18. The zero-order valence-corrected chi connectivity index (χ0v) is 9.42. The van der Waals surface area contributed by atoms with Gasteiger partial charge in [0.2, 0.25) is 0 Å². The van der Waals surface area contributed by atoms with Gasteiger partial charge in [-0.25, -0.2) is 4.79 Å². The monoisotopic (exact) mass is 235 g/mol. The molecule has 1 aliphatic rings. The third kappa shape index (κ3) is 2.62. The van der Waals surface area contributed by atoms with Crippen molar-refractivity contribution in [3.8, 4) is 5.75 Å². The highest BCUT2D eigenvalue weighted by molar-refractivity contribution is 6.39. The van der Waals surface area contributed by atoms with Crippen LogP contribution in [-0.2, 0) is 4.79 Å². The summed E-state index contributed by atoms with van der Waals surface area (Å²) in [5, 5.41) is 8.60. The van der Waals surface area contributed by atoms with E-state index < -0.39 is 11.8 Å². The lowest BCUT2D eigenvalue weighted by atomic mass is 10.1. The van der Waals surface area contributed by atoms with E-state index >= 15 is 0 Å². The summed E-state index contributed by atoms with van der Waals surface area (Å²) in [5.74, 6) is -1.83. The van der Waals surface area contributed by atoms with Gasteiger partial charge in [0.15, 0.2) is 0 Å². The summed E-state index contributed by atoms with van der Waals surface area (Å²) in [6, 6.07) is 6.27. The van der Waals surface area contributed by atoms with Gasteiger partial charge < -0.3 is 9.84 Å². The molecule has 0 spiro atoms. The molecule has 1 aromatic rings. The Morgan fingerprint density at radius 3 is 2.71 bits per heavy atom. The molecule has 0 aliphatic carbocycles. The molecule has 1 fully saturated rings. The molecule has 0 amide bonds. The number of Topliss-reactive ketones (excluding diaryl/α,β-unsaturated/α-hetero) is 1. The smallest absolute Gasteiger partial charge is 0.377 e. The highest BCUT2D eigenvalue weighted by atomic mass is 16.5. The first-order valence-corrected chi connectivity index (χ1v) is 5.29. The number of hydrogen-bond donors (Lipinski definition) is 1. The molecule has 0 atom stereocenters. The molecule has 0 bridgehead atoms.